The maximum atomic E-state index is 12.1. The Bertz CT molecular complexity index is 935. The number of nitrogens with zero attached hydrogens (tertiary/aromatic N) is 1. The van der Waals surface area contributed by atoms with Crippen molar-refractivity contribution < 1.29 is 14.0 Å². The summed E-state index contributed by atoms with van der Waals surface area (Å²) in [6.07, 6.45) is 1.87. The van der Waals surface area contributed by atoms with Crippen LogP contribution in [0.1, 0.15) is 21.7 Å². The minimum absolute atomic E-state index is 0.152. The molecule has 6 nitrogen and oxygen atoms in total. The van der Waals surface area contributed by atoms with Crippen LogP contribution in [0.25, 0.3) is 0 Å². The van der Waals surface area contributed by atoms with Crippen molar-refractivity contribution >= 4 is 39.2 Å². The highest BCUT2D eigenvalue weighted by atomic mass is 79.9. The number of nitrogens with one attached hydrogen (secondary N) is 2. The molecule has 7 heteroatoms. The molecule has 0 saturated heterocycles. The Kier molecular flexibility index (Phi) is 5.48. The molecular formula is C19H16BrN3O3. The maximum Gasteiger partial charge on any atom is 0.291 e. The van der Waals surface area contributed by atoms with Crippen molar-refractivity contribution in [1.29, 1.82) is 0 Å². The monoisotopic (exact) mass is 413 g/mol. The Labute approximate surface area is 158 Å². The zero-order valence-electron chi connectivity index (χ0n) is 14.0. The molecule has 0 aliphatic carbocycles. The van der Waals surface area contributed by atoms with Crippen molar-refractivity contribution in [2.24, 2.45) is 0 Å². The summed E-state index contributed by atoms with van der Waals surface area (Å²) in [6, 6.07) is 14.0. The molecule has 2 aromatic heterocycles. The molecule has 0 fully saturated rings. The molecule has 0 spiro atoms. The summed E-state index contributed by atoms with van der Waals surface area (Å²) in [7, 11) is 0. The number of rotatable bonds is 5. The van der Waals surface area contributed by atoms with E-state index < -0.39 is 0 Å². The number of aromatic nitrogens is 1. The van der Waals surface area contributed by atoms with Crippen molar-refractivity contribution in [3.8, 4) is 0 Å². The molecule has 3 aromatic rings. The first-order valence-corrected chi connectivity index (χ1v) is 8.67. The molecule has 2 N–H and O–H groups in total. The highest BCUT2D eigenvalue weighted by Gasteiger charge is 2.11. The number of hydrogen-bond donors (Lipinski definition) is 2. The van der Waals surface area contributed by atoms with E-state index in [2.05, 4.69) is 31.5 Å². The zero-order chi connectivity index (χ0) is 18.5. The molecule has 0 radical (unpaired) electrons. The van der Waals surface area contributed by atoms with Gasteiger partial charge in [0.25, 0.3) is 5.91 Å². The van der Waals surface area contributed by atoms with Gasteiger partial charge in [0.2, 0.25) is 5.91 Å². The van der Waals surface area contributed by atoms with E-state index in [1.807, 2.05) is 19.1 Å². The van der Waals surface area contributed by atoms with Crippen molar-refractivity contribution in [3.63, 3.8) is 0 Å². The molecule has 0 aliphatic heterocycles. The van der Waals surface area contributed by atoms with E-state index in [1.54, 1.807) is 42.6 Å². The van der Waals surface area contributed by atoms with Gasteiger partial charge in [-0.3, -0.25) is 9.59 Å². The normalized spacial score (nSPS) is 10.4. The van der Waals surface area contributed by atoms with Crippen LogP contribution in [0, 0.1) is 6.92 Å². The lowest BCUT2D eigenvalue weighted by Gasteiger charge is -2.07. The number of carbonyl (C=O) groups excluding carboxylic acids is 2. The third-order valence-corrected chi connectivity index (χ3v) is 3.98. The summed E-state index contributed by atoms with van der Waals surface area (Å²) < 4.78 is 5.70. The maximum absolute atomic E-state index is 12.1. The fourth-order valence-corrected chi connectivity index (χ4v) is 2.62. The van der Waals surface area contributed by atoms with Crippen LogP contribution in [0.4, 0.5) is 11.5 Å². The lowest BCUT2D eigenvalue weighted by Crippen LogP contribution is -2.15. The van der Waals surface area contributed by atoms with Crippen molar-refractivity contribution in [3.05, 3.63) is 76.3 Å². The van der Waals surface area contributed by atoms with Crippen LogP contribution >= 0.6 is 15.9 Å². The van der Waals surface area contributed by atoms with Crippen molar-refractivity contribution in [1.82, 2.24) is 4.98 Å². The van der Waals surface area contributed by atoms with Gasteiger partial charge in [-0.05, 0) is 70.4 Å². The van der Waals surface area contributed by atoms with Crippen molar-refractivity contribution in [2.75, 3.05) is 10.6 Å². The third-order valence-electron chi connectivity index (χ3n) is 3.56. The van der Waals surface area contributed by atoms with Gasteiger partial charge in [-0.2, -0.15) is 0 Å². The number of hydrogen-bond acceptors (Lipinski definition) is 4. The average molecular weight is 414 g/mol. The highest BCUT2D eigenvalue weighted by molar-refractivity contribution is 9.10. The van der Waals surface area contributed by atoms with E-state index >= 15 is 0 Å². The number of furan rings is 1. The molecule has 1 aromatic carbocycles. The fraction of sp³-hybridized carbons (Fsp3) is 0.105. The molecular weight excluding hydrogens is 398 g/mol. The van der Waals surface area contributed by atoms with E-state index in [-0.39, 0.29) is 24.0 Å². The molecule has 0 atom stereocenters. The molecule has 132 valence electrons. The lowest BCUT2D eigenvalue weighted by molar-refractivity contribution is -0.115. The smallest absolute Gasteiger partial charge is 0.291 e. The first-order valence-electron chi connectivity index (χ1n) is 7.88. The molecule has 0 saturated carbocycles. The molecule has 3 rings (SSSR count). The zero-order valence-corrected chi connectivity index (χ0v) is 15.5. The SMILES string of the molecule is Cc1ccnc(NC(=O)Cc2ccc(NC(=O)c3ccc(Br)o3)cc2)c1. The van der Waals surface area contributed by atoms with Crippen LogP contribution in [-0.4, -0.2) is 16.8 Å². The van der Waals surface area contributed by atoms with Gasteiger partial charge in [0.15, 0.2) is 10.4 Å². The second kappa shape index (κ2) is 7.97. The first kappa shape index (κ1) is 17.9. The van der Waals surface area contributed by atoms with Crippen LogP contribution < -0.4 is 10.6 Å². The third kappa shape index (κ3) is 4.80. The predicted octanol–water partition coefficient (Wildman–Crippen LogP) is 4.18. The number of anilines is 2. The molecule has 2 amide bonds. The van der Waals surface area contributed by atoms with E-state index in [4.69, 9.17) is 4.42 Å². The van der Waals surface area contributed by atoms with Gasteiger partial charge in [-0.25, -0.2) is 4.98 Å². The summed E-state index contributed by atoms with van der Waals surface area (Å²) in [5.41, 5.74) is 2.47. The van der Waals surface area contributed by atoms with Gasteiger partial charge in [-0.15, -0.1) is 0 Å². The van der Waals surface area contributed by atoms with Gasteiger partial charge < -0.3 is 15.1 Å². The van der Waals surface area contributed by atoms with Gasteiger partial charge in [0.1, 0.15) is 5.82 Å². The number of carbonyl (C=O) groups is 2. The first-order chi connectivity index (χ1) is 12.5. The van der Waals surface area contributed by atoms with E-state index in [1.165, 1.54) is 0 Å². The Balaban J connectivity index is 1.57. The largest absolute Gasteiger partial charge is 0.444 e. The Hall–Kier alpha value is -2.93. The fourth-order valence-electron chi connectivity index (χ4n) is 2.31. The van der Waals surface area contributed by atoms with E-state index in [0.29, 0.717) is 16.2 Å². The van der Waals surface area contributed by atoms with E-state index in [0.717, 1.165) is 11.1 Å². The summed E-state index contributed by atoms with van der Waals surface area (Å²) in [5, 5.41) is 5.50. The topological polar surface area (TPSA) is 84.2 Å². The molecule has 0 bridgehead atoms. The summed E-state index contributed by atoms with van der Waals surface area (Å²) in [5.74, 6) is 0.251. The number of aryl methyl sites for hydroxylation is 1. The Morgan fingerprint density at radius 1 is 1.08 bits per heavy atom. The second-order valence-corrected chi connectivity index (χ2v) is 6.48. The Morgan fingerprint density at radius 2 is 1.85 bits per heavy atom. The highest BCUT2D eigenvalue weighted by Crippen LogP contribution is 2.17. The standard InChI is InChI=1S/C19H16BrN3O3/c1-12-8-9-21-17(10-12)23-18(24)11-13-2-4-14(5-3-13)22-19(25)15-6-7-16(20)26-15/h2-10H,11H2,1H3,(H,22,25)(H,21,23,24). The van der Waals surface area contributed by atoms with Gasteiger partial charge >= 0.3 is 0 Å². The molecule has 26 heavy (non-hydrogen) atoms. The number of benzene rings is 1. The van der Waals surface area contributed by atoms with Gasteiger partial charge in [0, 0.05) is 11.9 Å². The predicted molar refractivity (Wildman–Crippen MR) is 102 cm³/mol. The molecule has 0 unspecified atom stereocenters. The number of pyridine rings is 1. The Morgan fingerprint density at radius 3 is 2.50 bits per heavy atom. The number of amides is 2. The van der Waals surface area contributed by atoms with Crippen LogP contribution in [0.5, 0.6) is 0 Å². The van der Waals surface area contributed by atoms with Crippen LogP contribution in [-0.2, 0) is 11.2 Å². The quantitative estimate of drug-likeness (QED) is 0.656. The number of halogens is 1. The van der Waals surface area contributed by atoms with Gasteiger partial charge in [0.05, 0.1) is 6.42 Å². The van der Waals surface area contributed by atoms with Gasteiger partial charge in [-0.1, -0.05) is 12.1 Å². The van der Waals surface area contributed by atoms with Crippen molar-refractivity contribution in [2.45, 2.75) is 13.3 Å². The van der Waals surface area contributed by atoms with E-state index in [9.17, 15) is 9.59 Å². The van der Waals surface area contributed by atoms with Crippen LogP contribution in [0.2, 0.25) is 0 Å². The minimum atomic E-state index is -0.341. The summed E-state index contributed by atoms with van der Waals surface area (Å²) in [6.45, 7) is 1.94. The average Bonchev–Trinajstić information content (AvgIpc) is 3.03. The summed E-state index contributed by atoms with van der Waals surface area (Å²) >= 11 is 3.16. The van der Waals surface area contributed by atoms with Crippen LogP contribution in [0.15, 0.2) is 63.8 Å². The summed E-state index contributed by atoms with van der Waals surface area (Å²) in [4.78, 5) is 28.2. The lowest BCUT2D eigenvalue weighted by atomic mass is 10.1. The van der Waals surface area contributed by atoms with Crippen LogP contribution in [0.3, 0.4) is 0 Å². The molecule has 2 heterocycles. The second-order valence-electron chi connectivity index (χ2n) is 5.70. The molecule has 0 aliphatic rings. The minimum Gasteiger partial charge on any atom is -0.444 e.